The number of anilines is 1. The van der Waals surface area contributed by atoms with Crippen molar-refractivity contribution in [2.24, 2.45) is 0 Å². The number of carboxylic acid groups (broad SMARTS) is 1. The molecule has 7 heteroatoms. The maximum Gasteiger partial charge on any atom is 0.320 e. The van der Waals surface area contributed by atoms with Gasteiger partial charge >= 0.3 is 5.97 Å². The van der Waals surface area contributed by atoms with E-state index in [1.807, 2.05) is 0 Å². The van der Waals surface area contributed by atoms with Crippen molar-refractivity contribution < 1.29 is 14.7 Å². The van der Waals surface area contributed by atoms with Crippen LogP contribution in [0.1, 0.15) is 13.3 Å². The fourth-order valence-electron chi connectivity index (χ4n) is 1.79. The summed E-state index contributed by atoms with van der Waals surface area (Å²) in [7, 11) is 1.58. The first kappa shape index (κ1) is 16.8. The lowest BCUT2D eigenvalue weighted by Crippen LogP contribution is -2.42. The summed E-state index contributed by atoms with van der Waals surface area (Å²) in [6.07, 6.45) is 0.414. The molecule has 0 spiro atoms. The molecule has 1 aromatic carbocycles. The molecule has 0 heterocycles. The van der Waals surface area contributed by atoms with Gasteiger partial charge in [-0.2, -0.15) is 0 Å². The highest BCUT2D eigenvalue weighted by molar-refractivity contribution is 6.35. The van der Waals surface area contributed by atoms with E-state index in [9.17, 15) is 9.59 Å². The summed E-state index contributed by atoms with van der Waals surface area (Å²) in [5.41, 5.74) is 0.404. The molecular weight excluding hydrogens is 303 g/mol. The van der Waals surface area contributed by atoms with E-state index in [0.29, 0.717) is 22.2 Å². The Kier molecular flexibility index (Phi) is 6.26. The van der Waals surface area contributed by atoms with Gasteiger partial charge in [0.05, 0.1) is 17.3 Å². The summed E-state index contributed by atoms with van der Waals surface area (Å²) >= 11 is 11.8. The highest BCUT2D eigenvalue weighted by Crippen LogP contribution is 2.25. The maximum atomic E-state index is 11.9. The molecule has 20 heavy (non-hydrogen) atoms. The van der Waals surface area contributed by atoms with Crippen LogP contribution in [0.5, 0.6) is 0 Å². The molecule has 0 saturated carbocycles. The van der Waals surface area contributed by atoms with Gasteiger partial charge in [0, 0.05) is 5.02 Å². The predicted octanol–water partition coefficient (Wildman–Crippen LogP) is 2.73. The monoisotopic (exact) mass is 318 g/mol. The molecule has 0 aliphatic carbocycles. The molecule has 1 rings (SSSR count). The Balaban J connectivity index is 2.68. The van der Waals surface area contributed by atoms with E-state index in [0.717, 1.165) is 0 Å². The fourth-order valence-corrected chi connectivity index (χ4v) is 2.13. The smallest absolute Gasteiger partial charge is 0.320 e. The van der Waals surface area contributed by atoms with Gasteiger partial charge in [-0.05, 0) is 31.7 Å². The van der Waals surface area contributed by atoms with Crippen LogP contribution in [0.3, 0.4) is 0 Å². The van der Waals surface area contributed by atoms with Crippen molar-refractivity contribution in [3.63, 3.8) is 0 Å². The van der Waals surface area contributed by atoms with Crippen LogP contribution in [0.15, 0.2) is 18.2 Å². The van der Waals surface area contributed by atoms with Crippen molar-refractivity contribution in [3.05, 3.63) is 28.2 Å². The Morgan fingerprint density at radius 2 is 2.05 bits per heavy atom. The summed E-state index contributed by atoms with van der Waals surface area (Å²) < 4.78 is 0. The second-order valence-corrected chi connectivity index (χ2v) is 5.19. The number of hydrogen-bond acceptors (Lipinski definition) is 3. The van der Waals surface area contributed by atoms with Crippen molar-refractivity contribution in [2.45, 2.75) is 19.4 Å². The molecule has 0 aromatic heterocycles. The molecule has 0 bridgehead atoms. The third kappa shape index (κ3) is 4.67. The van der Waals surface area contributed by atoms with Gasteiger partial charge in [-0.25, -0.2) is 0 Å². The highest BCUT2D eigenvalue weighted by Gasteiger charge is 2.22. The normalized spacial score (nSPS) is 12.2. The van der Waals surface area contributed by atoms with Crippen LogP contribution in [-0.2, 0) is 9.59 Å². The second-order valence-electron chi connectivity index (χ2n) is 4.35. The number of benzene rings is 1. The molecule has 0 saturated heterocycles. The van der Waals surface area contributed by atoms with Crippen molar-refractivity contribution >= 4 is 40.8 Å². The largest absolute Gasteiger partial charge is 0.480 e. The van der Waals surface area contributed by atoms with Crippen LogP contribution in [0.25, 0.3) is 0 Å². The molecule has 1 amide bonds. The number of nitrogens with zero attached hydrogens (tertiary/aromatic N) is 1. The third-order valence-electron chi connectivity index (χ3n) is 2.80. The Hall–Kier alpha value is -1.30. The minimum Gasteiger partial charge on any atom is -0.480 e. The zero-order valence-electron chi connectivity index (χ0n) is 11.2. The fraction of sp³-hybridized carbons (Fsp3) is 0.385. The standard InChI is InChI=1S/C13H16Cl2N2O3/c1-3-11(13(19)20)17(2)7-12(18)16-10-6-8(14)4-5-9(10)15/h4-6,11H,3,7H2,1-2H3,(H,16,18)(H,19,20). The van der Waals surface area contributed by atoms with Gasteiger partial charge in [0.1, 0.15) is 6.04 Å². The lowest BCUT2D eigenvalue weighted by molar-refractivity contribution is -0.143. The molecule has 1 unspecified atom stereocenters. The number of nitrogens with one attached hydrogen (secondary N) is 1. The average molecular weight is 319 g/mol. The lowest BCUT2D eigenvalue weighted by Gasteiger charge is -2.22. The molecule has 0 radical (unpaired) electrons. The van der Waals surface area contributed by atoms with E-state index in [1.54, 1.807) is 26.1 Å². The zero-order valence-corrected chi connectivity index (χ0v) is 12.7. The number of halogens is 2. The quantitative estimate of drug-likeness (QED) is 0.846. The zero-order chi connectivity index (χ0) is 15.3. The van der Waals surface area contributed by atoms with E-state index in [4.69, 9.17) is 28.3 Å². The van der Waals surface area contributed by atoms with Crippen LogP contribution < -0.4 is 5.32 Å². The van der Waals surface area contributed by atoms with E-state index in [-0.39, 0.29) is 12.5 Å². The van der Waals surface area contributed by atoms with Gasteiger partial charge in [-0.1, -0.05) is 30.1 Å². The van der Waals surface area contributed by atoms with Gasteiger partial charge in [-0.15, -0.1) is 0 Å². The number of carbonyl (C=O) groups excluding carboxylic acids is 1. The van der Waals surface area contributed by atoms with Crippen LogP contribution in [-0.4, -0.2) is 41.5 Å². The summed E-state index contributed by atoms with van der Waals surface area (Å²) in [6.45, 7) is 1.70. The number of carbonyl (C=O) groups is 2. The van der Waals surface area contributed by atoms with Crippen LogP contribution in [0.2, 0.25) is 10.0 Å². The van der Waals surface area contributed by atoms with Crippen molar-refractivity contribution in [1.29, 1.82) is 0 Å². The third-order valence-corrected chi connectivity index (χ3v) is 3.36. The van der Waals surface area contributed by atoms with Gasteiger partial charge in [0.15, 0.2) is 0 Å². The molecule has 1 aromatic rings. The molecule has 1 atom stereocenters. The Bertz CT molecular complexity index is 508. The highest BCUT2D eigenvalue weighted by atomic mass is 35.5. The SMILES string of the molecule is CCC(C(=O)O)N(C)CC(=O)Nc1cc(Cl)ccc1Cl. The maximum absolute atomic E-state index is 11.9. The van der Waals surface area contributed by atoms with E-state index < -0.39 is 12.0 Å². The van der Waals surface area contributed by atoms with Crippen molar-refractivity contribution in [3.8, 4) is 0 Å². The molecule has 2 N–H and O–H groups in total. The number of aliphatic carboxylic acids is 1. The summed E-state index contributed by atoms with van der Waals surface area (Å²) in [5, 5.41) is 12.4. The van der Waals surface area contributed by atoms with Gasteiger partial charge in [0.25, 0.3) is 0 Å². The first-order valence-corrected chi connectivity index (χ1v) is 6.78. The lowest BCUT2D eigenvalue weighted by atomic mass is 10.2. The minimum atomic E-state index is -0.955. The summed E-state index contributed by atoms with van der Waals surface area (Å²) in [6, 6.07) is 4.03. The van der Waals surface area contributed by atoms with Gasteiger partial charge in [0.2, 0.25) is 5.91 Å². The topological polar surface area (TPSA) is 69.6 Å². The van der Waals surface area contributed by atoms with Crippen LogP contribution in [0.4, 0.5) is 5.69 Å². The minimum absolute atomic E-state index is 0.0480. The summed E-state index contributed by atoms with van der Waals surface area (Å²) in [4.78, 5) is 24.3. The summed E-state index contributed by atoms with van der Waals surface area (Å²) in [5.74, 6) is -1.31. The first-order valence-electron chi connectivity index (χ1n) is 6.03. The number of amides is 1. The average Bonchev–Trinajstić information content (AvgIpc) is 2.34. The predicted molar refractivity (Wildman–Crippen MR) is 79.4 cm³/mol. The van der Waals surface area contributed by atoms with E-state index >= 15 is 0 Å². The molecule has 0 aliphatic heterocycles. The Morgan fingerprint density at radius 3 is 2.60 bits per heavy atom. The molecule has 0 fully saturated rings. The number of carboxylic acids is 1. The van der Waals surface area contributed by atoms with Gasteiger partial charge < -0.3 is 10.4 Å². The first-order chi connectivity index (χ1) is 9.35. The Labute approximate surface area is 127 Å². The van der Waals surface area contributed by atoms with E-state index in [1.165, 1.54) is 11.0 Å². The van der Waals surface area contributed by atoms with Crippen LogP contribution >= 0.6 is 23.2 Å². The molecule has 0 aliphatic rings. The van der Waals surface area contributed by atoms with Crippen molar-refractivity contribution in [2.75, 3.05) is 18.9 Å². The number of hydrogen-bond donors (Lipinski definition) is 2. The van der Waals surface area contributed by atoms with Crippen LogP contribution in [0, 0.1) is 0 Å². The number of likely N-dealkylation sites (N-methyl/N-ethyl adjacent to an activating group) is 1. The second kappa shape index (κ2) is 7.47. The van der Waals surface area contributed by atoms with E-state index in [2.05, 4.69) is 5.32 Å². The Morgan fingerprint density at radius 1 is 1.40 bits per heavy atom. The molecule has 5 nitrogen and oxygen atoms in total. The van der Waals surface area contributed by atoms with Crippen molar-refractivity contribution in [1.82, 2.24) is 4.90 Å². The molecule has 110 valence electrons. The van der Waals surface area contributed by atoms with Gasteiger partial charge in [-0.3, -0.25) is 14.5 Å². The number of rotatable bonds is 6. The molecular formula is C13H16Cl2N2O3.